The van der Waals surface area contributed by atoms with Gasteiger partial charge >= 0.3 is 0 Å². The summed E-state index contributed by atoms with van der Waals surface area (Å²) in [5.74, 6) is 0. The molecule has 0 saturated carbocycles. The molecule has 1 rings (SSSR count). The predicted octanol–water partition coefficient (Wildman–Crippen LogP) is 4.04. The molecule has 0 fully saturated rings. The summed E-state index contributed by atoms with van der Waals surface area (Å²) in [6.45, 7) is 11.3. The second-order valence-corrected chi connectivity index (χ2v) is 5.32. The number of hydrogen-bond acceptors (Lipinski definition) is 2. The highest BCUT2D eigenvalue weighted by molar-refractivity contribution is 9.10. The number of ether oxygens (including phenoxy) is 1. The number of halogens is 1. The average Bonchev–Trinajstić information content (AvgIpc) is 2.33. The third kappa shape index (κ3) is 5.80. The first-order valence-corrected chi connectivity index (χ1v) is 7.13. The standard InChI is InChI=1S/C15H22BrNO/c1-4-17-10-13-5-6-14(15(16)9-13)11-18-8-7-12(2)3/h5-6,9,17H,2,4,7-8,10-11H2,1,3H3. The third-order valence-corrected chi connectivity index (χ3v) is 3.37. The maximum absolute atomic E-state index is 5.63. The lowest BCUT2D eigenvalue weighted by atomic mass is 10.1. The summed E-state index contributed by atoms with van der Waals surface area (Å²) in [5.41, 5.74) is 3.64. The van der Waals surface area contributed by atoms with Gasteiger partial charge in [0.2, 0.25) is 0 Å². The van der Waals surface area contributed by atoms with E-state index in [4.69, 9.17) is 4.74 Å². The second kappa shape index (κ2) is 8.46. The molecule has 2 nitrogen and oxygen atoms in total. The van der Waals surface area contributed by atoms with Gasteiger partial charge in [-0.2, -0.15) is 0 Å². The van der Waals surface area contributed by atoms with E-state index in [9.17, 15) is 0 Å². The van der Waals surface area contributed by atoms with E-state index in [1.807, 2.05) is 6.92 Å². The molecule has 1 aromatic carbocycles. The molecular weight excluding hydrogens is 290 g/mol. The fourth-order valence-corrected chi connectivity index (χ4v) is 2.06. The number of benzene rings is 1. The van der Waals surface area contributed by atoms with Crippen molar-refractivity contribution >= 4 is 15.9 Å². The maximum Gasteiger partial charge on any atom is 0.0727 e. The van der Waals surface area contributed by atoms with Crippen LogP contribution in [0.15, 0.2) is 34.8 Å². The summed E-state index contributed by atoms with van der Waals surface area (Å²) in [6.07, 6.45) is 0.927. The molecule has 0 radical (unpaired) electrons. The predicted molar refractivity (Wildman–Crippen MR) is 80.6 cm³/mol. The molecule has 0 saturated heterocycles. The minimum Gasteiger partial charge on any atom is -0.376 e. The van der Waals surface area contributed by atoms with Crippen LogP contribution in [0.5, 0.6) is 0 Å². The Balaban J connectivity index is 2.44. The molecule has 100 valence electrons. The third-order valence-electron chi connectivity index (χ3n) is 2.63. The zero-order chi connectivity index (χ0) is 13.4. The van der Waals surface area contributed by atoms with Crippen LogP contribution in [0, 0.1) is 0 Å². The Morgan fingerprint density at radius 1 is 1.44 bits per heavy atom. The van der Waals surface area contributed by atoms with E-state index in [0.717, 1.165) is 36.2 Å². The van der Waals surface area contributed by atoms with Crippen LogP contribution in [0.3, 0.4) is 0 Å². The van der Waals surface area contributed by atoms with E-state index in [1.54, 1.807) is 0 Å². The molecule has 0 aliphatic heterocycles. The van der Waals surface area contributed by atoms with Gasteiger partial charge in [-0.1, -0.05) is 40.6 Å². The van der Waals surface area contributed by atoms with Gasteiger partial charge in [-0.25, -0.2) is 0 Å². The van der Waals surface area contributed by atoms with E-state index in [-0.39, 0.29) is 0 Å². The van der Waals surface area contributed by atoms with Crippen LogP contribution in [0.25, 0.3) is 0 Å². The molecule has 0 aromatic heterocycles. The van der Waals surface area contributed by atoms with Crippen LogP contribution in [-0.4, -0.2) is 13.2 Å². The van der Waals surface area contributed by atoms with Crippen LogP contribution >= 0.6 is 15.9 Å². The molecule has 1 aromatic rings. The summed E-state index contributed by atoms with van der Waals surface area (Å²) < 4.78 is 6.74. The average molecular weight is 312 g/mol. The van der Waals surface area contributed by atoms with Crippen molar-refractivity contribution in [2.75, 3.05) is 13.2 Å². The summed E-state index contributed by atoms with van der Waals surface area (Å²) in [7, 11) is 0. The maximum atomic E-state index is 5.63. The Morgan fingerprint density at radius 3 is 2.83 bits per heavy atom. The minimum absolute atomic E-state index is 0.648. The number of rotatable bonds is 8. The molecule has 0 unspecified atom stereocenters. The molecule has 0 spiro atoms. The second-order valence-electron chi connectivity index (χ2n) is 4.47. The van der Waals surface area contributed by atoms with Crippen molar-refractivity contribution in [2.45, 2.75) is 33.4 Å². The molecule has 0 aliphatic rings. The van der Waals surface area contributed by atoms with E-state index < -0.39 is 0 Å². The molecule has 0 bridgehead atoms. The molecular formula is C15H22BrNO. The Kier molecular flexibility index (Phi) is 7.25. The molecule has 1 N–H and O–H groups in total. The van der Waals surface area contributed by atoms with Crippen molar-refractivity contribution in [3.63, 3.8) is 0 Å². The molecule has 0 aliphatic carbocycles. The Morgan fingerprint density at radius 2 is 2.22 bits per heavy atom. The largest absolute Gasteiger partial charge is 0.376 e. The van der Waals surface area contributed by atoms with Gasteiger partial charge in [0, 0.05) is 11.0 Å². The minimum atomic E-state index is 0.648. The van der Waals surface area contributed by atoms with E-state index in [1.165, 1.54) is 11.1 Å². The first-order valence-electron chi connectivity index (χ1n) is 6.33. The summed E-state index contributed by atoms with van der Waals surface area (Å²) in [6, 6.07) is 6.42. The highest BCUT2D eigenvalue weighted by Gasteiger charge is 2.02. The van der Waals surface area contributed by atoms with Gasteiger partial charge in [0.05, 0.1) is 13.2 Å². The van der Waals surface area contributed by atoms with Crippen LogP contribution in [0.4, 0.5) is 0 Å². The Bertz CT molecular complexity index is 390. The fraction of sp³-hybridized carbons (Fsp3) is 0.467. The van der Waals surface area contributed by atoms with Crippen molar-refractivity contribution < 1.29 is 4.74 Å². The summed E-state index contributed by atoms with van der Waals surface area (Å²) in [4.78, 5) is 0. The van der Waals surface area contributed by atoms with Gasteiger partial charge in [0.25, 0.3) is 0 Å². The first-order chi connectivity index (χ1) is 8.63. The van der Waals surface area contributed by atoms with Crippen LogP contribution < -0.4 is 5.32 Å². The smallest absolute Gasteiger partial charge is 0.0727 e. The SMILES string of the molecule is C=C(C)CCOCc1ccc(CNCC)cc1Br. The lowest BCUT2D eigenvalue weighted by Crippen LogP contribution is -2.11. The lowest BCUT2D eigenvalue weighted by Gasteiger charge is -2.09. The monoisotopic (exact) mass is 311 g/mol. The van der Waals surface area contributed by atoms with Crippen molar-refractivity contribution in [3.05, 3.63) is 46.0 Å². The van der Waals surface area contributed by atoms with Crippen molar-refractivity contribution in [1.29, 1.82) is 0 Å². The highest BCUT2D eigenvalue weighted by atomic mass is 79.9. The lowest BCUT2D eigenvalue weighted by molar-refractivity contribution is 0.123. The van der Waals surface area contributed by atoms with Gasteiger partial charge in [-0.05, 0) is 37.1 Å². The van der Waals surface area contributed by atoms with E-state index >= 15 is 0 Å². The summed E-state index contributed by atoms with van der Waals surface area (Å²) in [5, 5.41) is 3.31. The van der Waals surface area contributed by atoms with E-state index in [2.05, 4.69) is 52.9 Å². The van der Waals surface area contributed by atoms with E-state index in [0.29, 0.717) is 6.61 Å². The first kappa shape index (κ1) is 15.4. The van der Waals surface area contributed by atoms with Gasteiger partial charge in [-0.3, -0.25) is 0 Å². The summed E-state index contributed by atoms with van der Waals surface area (Å²) >= 11 is 3.59. The zero-order valence-electron chi connectivity index (χ0n) is 11.3. The molecule has 18 heavy (non-hydrogen) atoms. The van der Waals surface area contributed by atoms with Crippen LogP contribution in [0.1, 0.15) is 31.4 Å². The van der Waals surface area contributed by atoms with Crippen molar-refractivity contribution in [1.82, 2.24) is 5.32 Å². The highest BCUT2D eigenvalue weighted by Crippen LogP contribution is 2.19. The van der Waals surface area contributed by atoms with Crippen LogP contribution in [-0.2, 0) is 17.9 Å². The Hall–Kier alpha value is -0.640. The molecule has 0 amide bonds. The molecule has 0 atom stereocenters. The fourth-order valence-electron chi connectivity index (χ4n) is 1.52. The Labute approximate surface area is 119 Å². The molecule has 0 heterocycles. The van der Waals surface area contributed by atoms with Gasteiger partial charge in [0.1, 0.15) is 0 Å². The quantitative estimate of drug-likeness (QED) is 0.578. The van der Waals surface area contributed by atoms with Gasteiger partial charge in [-0.15, -0.1) is 6.58 Å². The number of hydrogen-bond donors (Lipinski definition) is 1. The number of nitrogens with one attached hydrogen (secondary N) is 1. The van der Waals surface area contributed by atoms with Gasteiger partial charge in [0.15, 0.2) is 0 Å². The normalized spacial score (nSPS) is 10.6. The molecule has 3 heteroatoms. The van der Waals surface area contributed by atoms with Gasteiger partial charge < -0.3 is 10.1 Å². The zero-order valence-corrected chi connectivity index (χ0v) is 12.8. The van der Waals surface area contributed by atoms with Crippen LogP contribution in [0.2, 0.25) is 0 Å². The van der Waals surface area contributed by atoms with Crippen molar-refractivity contribution in [2.24, 2.45) is 0 Å². The topological polar surface area (TPSA) is 21.3 Å². The van der Waals surface area contributed by atoms with Crippen molar-refractivity contribution in [3.8, 4) is 0 Å².